The van der Waals surface area contributed by atoms with Gasteiger partial charge in [0, 0.05) is 25.7 Å². The summed E-state index contributed by atoms with van der Waals surface area (Å²) in [6.07, 6.45) is 0. The van der Waals surface area contributed by atoms with E-state index in [1.54, 1.807) is 0 Å². The minimum absolute atomic E-state index is 0.115. The van der Waals surface area contributed by atoms with Crippen molar-refractivity contribution in [3.05, 3.63) is 34.9 Å². The Morgan fingerprint density at radius 2 is 2.21 bits per heavy atom. The second-order valence-electron chi connectivity index (χ2n) is 3.37. The first-order valence-electron chi connectivity index (χ1n) is 4.52. The van der Waals surface area contributed by atoms with Crippen LogP contribution in [0.3, 0.4) is 0 Å². The van der Waals surface area contributed by atoms with Crippen molar-refractivity contribution in [2.24, 2.45) is 5.73 Å². The summed E-state index contributed by atoms with van der Waals surface area (Å²) in [5.74, 6) is 0. The normalized spacial score (nSPS) is 13.2. The van der Waals surface area contributed by atoms with Gasteiger partial charge in [0.15, 0.2) is 0 Å². The van der Waals surface area contributed by atoms with Gasteiger partial charge in [-0.3, -0.25) is 0 Å². The zero-order chi connectivity index (χ0) is 10.6. The summed E-state index contributed by atoms with van der Waals surface area (Å²) in [6.45, 7) is 0.540. The number of rotatable bonds is 4. The maximum absolute atomic E-state index is 5.90. The number of nitrogens with zero attached hydrogens (tertiary/aromatic N) is 1. The summed E-state index contributed by atoms with van der Waals surface area (Å²) in [7, 11) is 3.88. The van der Waals surface area contributed by atoms with Crippen LogP contribution in [0.2, 0.25) is 5.02 Å². The zero-order valence-corrected chi connectivity index (χ0v) is 9.25. The van der Waals surface area contributed by atoms with Gasteiger partial charge in [-0.05, 0) is 17.7 Å². The number of hydrazine groups is 1. The smallest absolute Gasteiger partial charge is 0.0587 e. The monoisotopic (exact) mass is 213 g/mol. The van der Waals surface area contributed by atoms with Crippen LogP contribution >= 0.6 is 11.6 Å². The van der Waals surface area contributed by atoms with Gasteiger partial charge in [-0.25, -0.2) is 10.4 Å². The van der Waals surface area contributed by atoms with E-state index < -0.39 is 0 Å². The van der Waals surface area contributed by atoms with Crippen LogP contribution in [0.4, 0.5) is 0 Å². The Balaban J connectivity index is 2.78. The molecule has 0 spiro atoms. The van der Waals surface area contributed by atoms with E-state index in [1.807, 2.05) is 43.4 Å². The Morgan fingerprint density at radius 3 is 2.71 bits per heavy atom. The third-order valence-electron chi connectivity index (χ3n) is 1.90. The van der Waals surface area contributed by atoms with E-state index in [0.717, 1.165) is 10.6 Å². The second kappa shape index (κ2) is 5.32. The first kappa shape index (κ1) is 11.5. The van der Waals surface area contributed by atoms with Crippen LogP contribution in [0.15, 0.2) is 24.3 Å². The zero-order valence-electron chi connectivity index (χ0n) is 8.50. The minimum Gasteiger partial charge on any atom is -0.329 e. The van der Waals surface area contributed by atoms with Crippen molar-refractivity contribution in [2.45, 2.75) is 6.04 Å². The van der Waals surface area contributed by atoms with Gasteiger partial charge < -0.3 is 5.73 Å². The molecule has 78 valence electrons. The Labute approximate surface area is 89.8 Å². The molecule has 0 aliphatic carbocycles. The highest BCUT2D eigenvalue weighted by atomic mass is 35.5. The Kier molecular flexibility index (Phi) is 4.35. The summed E-state index contributed by atoms with van der Waals surface area (Å²) >= 11 is 5.90. The van der Waals surface area contributed by atoms with Gasteiger partial charge in [-0.1, -0.05) is 23.7 Å². The predicted octanol–water partition coefficient (Wildman–Crippen LogP) is 1.41. The van der Waals surface area contributed by atoms with Gasteiger partial charge in [-0.2, -0.15) is 0 Å². The Bertz CT molecular complexity index is 288. The first-order chi connectivity index (χ1) is 6.63. The van der Waals surface area contributed by atoms with Crippen LogP contribution in [-0.4, -0.2) is 25.6 Å². The molecule has 14 heavy (non-hydrogen) atoms. The van der Waals surface area contributed by atoms with E-state index in [-0.39, 0.29) is 6.04 Å². The molecule has 1 aromatic rings. The average Bonchev–Trinajstić information content (AvgIpc) is 2.14. The fourth-order valence-corrected chi connectivity index (χ4v) is 1.50. The van der Waals surface area contributed by atoms with E-state index in [0.29, 0.717) is 6.54 Å². The molecule has 0 amide bonds. The van der Waals surface area contributed by atoms with Gasteiger partial charge in [-0.15, -0.1) is 0 Å². The maximum atomic E-state index is 5.90. The molecule has 1 unspecified atom stereocenters. The summed E-state index contributed by atoms with van der Waals surface area (Å²) in [5, 5.41) is 2.62. The fourth-order valence-electron chi connectivity index (χ4n) is 1.30. The molecular weight excluding hydrogens is 198 g/mol. The third kappa shape index (κ3) is 3.27. The molecular formula is C10H16ClN3. The van der Waals surface area contributed by atoms with Gasteiger partial charge >= 0.3 is 0 Å². The van der Waals surface area contributed by atoms with Crippen molar-refractivity contribution < 1.29 is 0 Å². The summed E-state index contributed by atoms with van der Waals surface area (Å²) < 4.78 is 0. The molecule has 1 atom stereocenters. The molecule has 0 radical (unpaired) electrons. The topological polar surface area (TPSA) is 41.3 Å². The molecule has 0 saturated heterocycles. The summed E-state index contributed by atoms with van der Waals surface area (Å²) in [5.41, 5.74) is 10.00. The number of benzene rings is 1. The molecule has 0 aromatic heterocycles. The molecule has 0 saturated carbocycles. The highest BCUT2D eigenvalue weighted by Crippen LogP contribution is 2.16. The molecule has 0 aliphatic heterocycles. The highest BCUT2D eigenvalue weighted by molar-refractivity contribution is 6.30. The predicted molar refractivity (Wildman–Crippen MR) is 60.1 cm³/mol. The third-order valence-corrected chi connectivity index (χ3v) is 2.14. The highest BCUT2D eigenvalue weighted by Gasteiger charge is 2.09. The van der Waals surface area contributed by atoms with Crippen molar-refractivity contribution in [1.29, 1.82) is 0 Å². The van der Waals surface area contributed by atoms with E-state index in [4.69, 9.17) is 17.3 Å². The van der Waals surface area contributed by atoms with Gasteiger partial charge in [0.25, 0.3) is 0 Å². The Hall–Kier alpha value is -0.610. The molecule has 3 nitrogen and oxygen atoms in total. The number of hydrogen-bond acceptors (Lipinski definition) is 3. The fraction of sp³-hybridized carbons (Fsp3) is 0.400. The van der Waals surface area contributed by atoms with Crippen LogP contribution in [0.5, 0.6) is 0 Å². The number of nitrogens with one attached hydrogen (secondary N) is 1. The summed E-state index contributed by atoms with van der Waals surface area (Å²) in [6, 6.07) is 7.84. The van der Waals surface area contributed by atoms with Gasteiger partial charge in [0.1, 0.15) is 0 Å². The molecule has 0 aliphatic rings. The van der Waals surface area contributed by atoms with Crippen LogP contribution in [0.1, 0.15) is 11.6 Å². The lowest BCUT2D eigenvalue weighted by Gasteiger charge is -2.22. The van der Waals surface area contributed by atoms with Gasteiger partial charge in [0.05, 0.1) is 6.04 Å². The summed E-state index contributed by atoms with van der Waals surface area (Å²) in [4.78, 5) is 0. The van der Waals surface area contributed by atoms with Crippen LogP contribution in [0.25, 0.3) is 0 Å². The molecule has 0 bridgehead atoms. The molecule has 0 heterocycles. The lowest BCUT2D eigenvalue weighted by Crippen LogP contribution is -2.37. The quantitative estimate of drug-likeness (QED) is 0.744. The van der Waals surface area contributed by atoms with Gasteiger partial charge in [0.2, 0.25) is 0 Å². The van der Waals surface area contributed by atoms with E-state index in [2.05, 4.69) is 5.43 Å². The molecule has 1 rings (SSSR count). The van der Waals surface area contributed by atoms with E-state index in [9.17, 15) is 0 Å². The molecule has 4 heteroatoms. The maximum Gasteiger partial charge on any atom is 0.0587 e. The Morgan fingerprint density at radius 1 is 1.50 bits per heavy atom. The number of halogens is 1. The second-order valence-corrected chi connectivity index (χ2v) is 3.80. The lowest BCUT2D eigenvalue weighted by molar-refractivity contribution is 0.245. The van der Waals surface area contributed by atoms with Crippen molar-refractivity contribution in [3.8, 4) is 0 Å². The first-order valence-corrected chi connectivity index (χ1v) is 4.90. The minimum atomic E-state index is 0.115. The largest absolute Gasteiger partial charge is 0.329 e. The van der Waals surface area contributed by atoms with Crippen molar-refractivity contribution >= 4 is 11.6 Å². The number of nitrogens with two attached hydrogens (primary N) is 1. The van der Waals surface area contributed by atoms with Crippen molar-refractivity contribution in [3.63, 3.8) is 0 Å². The van der Waals surface area contributed by atoms with Crippen molar-refractivity contribution in [2.75, 3.05) is 20.6 Å². The van der Waals surface area contributed by atoms with E-state index in [1.165, 1.54) is 0 Å². The van der Waals surface area contributed by atoms with E-state index >= 15 is 0 Å². The molecule has 1 aromatic carbocycles. The lowest BCUT2D eigenvalue weighted by atomic mass is 10.1. The standard InChI is InChI=1S/C10H16ClN3/c1-14(2)13-10(7-12)8-4-3-5-9(11)6-8/h3-6,10,13H,7,12H2,1-2H3. The van der Waals surface area contributed by atoms with Crippen molar-refractivity contribution in [1.82, 2.24) is 10.4 Å². The van der Waals surface area contributed by atoms with Crippen LogP contribution < -0.4 is 11.2 Å². The van der Waals surface area contributed by atoms with Crippen LogP contribution in [0, 0.1) is 0 Å². The molecule has 3 N–H and O–H groups in total. The van der Waals surface area contributed by atoms with Crippen LogP contribution in [-0.2, 0) is 0 Å². The molecule has 0 fully saturated rings. The average molecular weight is 214 g/mol. The number of hydrogen-bond donors (Lipinski definition) is 2. The SMILES string of the molecule is CN(C)NC(CN)c1cccc(Cl)c1.